The van der Waals surface area contributed by atoms with Gasteiger partial charge in [0.25, 0.3) is 5.91 Å². The number of nitrogens with one attached hydrogen (secondary N) is 2. The second-order valence-corrected chi connectivity index (χ2v) is 6.20. The van der Waals surface area contributed by atoms with E-state index in [0.29, 0.717) is 25.2 Å². The summed E-state index contributed by atoms with van der Waals surface area (Å²) >= 11 is 0. The Balaban J connectivity index is 1.46. The van der Waals surface area contributed by atoms with Crippen LogP contribution in [0.4, 0.5) is 0 Å². The van der Waals surface area contributed by atoms with E-state index in [1.165, 1.54) is 0 Å². The van der Waals surface area contributed by atoms with Crippen LogP contribution in [0.2, 0.25) is 0 Å². The smallest absolute Gasteiger partial charge is 0.273 e. The summed E-state index contributed by atoms with van der Waals surface area (Å²) in [5, 5.41) is 0. The molecule has 2 aromatic rings. The maximum atomic E-state index is 11.9. The van der Waals surface area contributed by atoms with Gasteiger partial charge in [-0.25, -0.2) is 11.0 Å². The van der Waals surface area contributed by atoms with E-state index in [1.54, 1.807) is 6.07 Å². The van der Waals surface area contributed by atoms with E-state index in [0.717, 1.165) is 30.4 Å². The van der Waals surface area contributed by atoms with Crippen molar-refractivity contribution in [1.82, 2.24) is 11.0 Å². The number of hydroxylamine groups is 2. The molecular weight excluding hydrogens is 344 g/mol. The average molecular weight is 370 g/mol. The lowest BCUT2D eigenvalue weighted by Crippen LogP contribution is -2.25. The molecule has 0 aliphatic rings. The number of benzene rings is 2. The van der Waals surface area contributed by atoms with Crippen molar-refractivity contribution in [3.8, 4) is 0 Å². The third-order valence-corrected chi connectivity index (χ3v) is 3.97. The Kier molecular flexibility index (Phi) is 9.03. The zero-order valence-corrected chi connectivity index (χ0v) is 15.6. The maximum absolute atomic E-state index is 11.9. The van der Waals surface area contributed by atoms with Crippen LogP contribution in [0, 0.1) is 6.92 Å². The van der Waals surface area contributed by atoms with Crippen molar-refractivity contribution < 1.29 is 19.3 Å². The minimum atomic E-state index is -0.247. The first kappa shape index (κ1) is 20.6. The van der Waals surface area contributed by atoms with Gasteiger partial charge in [-0.2, -0.15) is 0 Å². The molecule has 2 rings (SSSR count). The number of hydrogen-bond acceptors (Lipinski definition) is 4. The van der Waals surface area contributed by atoms with Crippen LogP contribution in [0.3, 0.4) is 0 Å². The molecule has 2 amide bonds. The van der Waals surface area contributed by atoms with Gasteiger partial charge in [-0.05, 0) is 37.0 Å². The Labute approximate surface area is 159 Å². The Bertz CT molecular complexity index is 719. The third-order valence-electron chi connectivity index (χ3n) is 3.97. The quantitative estimate of drug-likeness (QED) is 0.469. The minimum Gasteiger partial charge on any atom is -0.273 e. The molecule has 0 saturated heterocycles. The van der Waals surface area contributed by atoms with Crippen LogP contribution in [0.25, 0.3) is 0 Å². The summed E-state index contributed by atoms with van der Waals surface area (Å²) in [5.74, 6) is -0.386. The van der Waals surface area contributed by atoms with Crippen LogP contribution in [0.1, 0.15) is 47.2 Å². The maximum Gasteiger partial charge on any atom is 0.275 e. The van der Waals surface area contributed by atoms with Crippen molar-refractivity contribution in [3.05, 3.63) is 71.3 Å². The second-order valence-electron chi connectivity index (χ2n) is 6.20. The molecule has 0 aliphatic heterocycles. The van der Waals surface area contributed by atoms with Gasteiger partial charge in [-0.15, -0.1) is 0 Å². The fourth-order valence-corrected chi connectivity index (χ4v) is 2.46. The molecule has 27 heavy (non-hydrogen) atoms. The van der Waals surface area contributed by atoms with Crippen molar-refractivity contribution in [1.29, 1.82) is 0 Å². The van der Waals surface area contributed by atoms with Crippen molar-refractivity contribution in [2.75, 3.05) is 6.61 Å². The predicted octanol–water partition coefficient (Wildman–Crippen LogP) is 3.46. The Hall–Kier alpha value is -2.70. The van der Waals surface area contributed by atoms with Gasteiger partial charge in [0.05, 0.1) is 13.2 Å². The number of carbonyl (C=O) groups excluding carboxylic acids is 2. The molecule has 144 valence electrons. The fourth-order valence-electron chi connectivity index (χ4n) is 2.46. The molecule has 0 bridgehead atoms. The molecule has 0 heterocycles. The first-order valence-corrected chi connectivity index (χ1v) is 9.09. The van der Waals surface area contributed by atoms with E-state index >= 15 is 0 Å². The van der Waals surface area contributed by atoms with E-state index in [2.05, 4.69) is 11.0 Å². The lowest BCUT2D eigenvalue weighted by Gasteiger charge is -2.08. The monoisotopic (exact) mass is 370 g/mol. The van der Waals surface area contributed by atoms with Gasteiger partial charge in [0.15, 0.2) is 0 Å². The molecule has 6 heteroatoms. The van der Waals surface area contributed by atoms with Crippen LogP contribution in [-0.4, -0.2) is 18.4 Å². The third kappa shape index (κ3) is 8.02. The molecule has 0 radical (unpaired) electrons. The summed E-state index contributed by atoms with van der Waals surface area (Å²) in [5.41, 5.74) is 7.40. The summed E-state index contributed by atoms with van der Waals surface area (Å²) < 4.78 is 0. The largest absolute Gasteiger partial charge is 0.275 e. The first-order chi connectivity index (χ1) is 13.2. The van der Waals surface area contributed by atoms with Crippen LogP contribution in [0.5, 0.6) is 0 Å². The molecule has 0 fully saturated rings. The summed E-state index contributed by atoms with van der Waals surface area (Å²) in [6.07, 6.45) is 2.71. The molecular formula is C21H26N2O4. The topological polar surface area (TPSA) is 76.7 Å². The van der Waals surface area contributed by atoms with Crippen molar-refractivity contribution in [2.45, 2.75) is 39.2 Å². The second kappa shape index (κ2) is 11.8. The zero-order chi connectivity index (χ0) is 19.3. The van der Waals surface area contributed by atoms with E-state index < -0.39 is 0 Å². The molecule has 0 aromatic heterocycles. The summed E-state index contributed by atoms with van der Waals surface area (Å²) in [4.78, 5) is 34.0. The van der Waals surface area contributed by atoms with Crippen molar-refractivity contribution >= 4 is 11.8 Å². The van der Waals surface area contributed by atoms with Gasteiger partial charge in [0.2, 0.25) is 5.91 Å². The molecule has 6 nitrogen and oxygen atoms in total. The van der Waals surface area contributed by atoms with Gasteiger partial charge < -0.3 is 0 Å². The number of hydrogen-bond donors (Lipinski definition) is 2. The lowest BCUT2D eigenvalue weighted by atomic mass is 10.1. The highest BCUT2D eigenvalue weighted by atomic mass is 16.7. The van der Waals surface area contributed by atoms with Crippen molar-refractivity contribution in [2.24, 2.45) is 0 Å². The molecule has 0 spiro atoms. The number of carbonyl (C=O) groups is 2. The van der Waals surface area contributed by atoms with E-state index in [1.807, 2.05) is 55.5 Å². The predicted molar refractivity (Wildman–Crippen MR) is 102 cm³/mol. The van der Waals surface area contributed by atoms with Crippen molar-refractivity contribution in [3.63, 3.8) is 0 Å². The zero-order valence-electron chi connectivity index (χ0n) is 15.6. The van der Waals surface area contributed by atoms with E-state index in [9.17, 15) is 9.59 Å². The minimum absolute atomic E-state index is 0.139. The average Bonchev–Trinajstić information content (AvgIpc) is 2.68. The number of aryl methyl sites for hydroxylation is 1. The highest BCUT2D eigenvalue weighted by Gasteiger charge is 2.07. The first-order valence-electron chi connectivity index (χ1n) is 9.09. The summed E-state index contributed by atoms with van der Waals surface area (Å²) in [7, 11) is 0. The van der Waals surface area contributed by atoms with Crippen LogP contribution >= 0.6 is 0 Å². The fraction of sp³-hybridized carbons (Fsp3) is 0.333. The van der Waals surface area contributed by atoms with E-state index in [-0.39, 0.29) is 11.8 Å². The van der Waals surface area contributed by atoms with Crippen LogP contribution < -0.4 is 11.0 Å². The van der Waals surface area contributed by atoms with E-state index in [4.69, 9.17) is 9.68 Å². The molecule has 0 saturated carbocycles. The highest BCUT2D eigenvalue weighted by molar-refractivity contribution is 5.94. The molecule has 0 unspecified atom stereocenters. The van der Waals surface area contributed by atoms with Gasteiger partial charge in [-0.1, -0.05) is 55.0 Å². The molecule has 0 atom stereocenters. The van der Waals surface area contributed by atoms with Gasteiger partial charge in [-0.3, -0.25) is 19.3 Å². The molecule has 2 N–H and O–H groups in total. The molecule has 0 aliphatic carbocycles. The van der Waals surface area contributed by atoms with Crippen LogP contribution in [-0.2, 0) is 21.1 Å². The molecule has 2 aromatic carbocycles. The highest BCUT2D eigenvalue weighted by Crippen LogP contribution is 2.06. The Morgan fingerprint density at radius 2 is 1.59 bits per heavy atom. The standard InChI is InChI=1S/C21H26N2O4/c1-17-10-7-8-13-19(17)21(25)23-26-15-9-3-6-14-20(24)22-27-16-18-11-4-2-5-12-18/h2,4-5,7-8,10-13H,3,6,9,14-16H2,1H3,(H,22,24)(H,23,25). The number of rotatable bonds is 11. The summed E-state index contributed by atoms with van der Waals surface area (Å²) in [6.45, 7) is 2.63. The van der Waals surface area contributed by atoms with Gasteiger partial charge in [0.1, 0.15) is 0 Å². The Morgan fingerprint density at radius 3 is 2.37 bits per heavy atom. The number of unbranched alkanes of at least 4 members (excludes halogenated alkanes) is 2. The summed E-state index contributed by atoms with van der Waals surface area (Å²) in [6, 6.07) is 17.0. The van der Waals surface area contributed by atoms with Gasteiger partial charge in [0, 0.05) is 12.0 Å². The van der Waals surface area contributed by atoms with Crippen LogP contribution in [0.15, 0.2) is 54.6 Å². The SMILES string of the molecule is Cc1ccccc1C(=O)NOCCCCCC(=O)NOCc1ccccc1. The lowest BCUT2D eigenvalue weighted by molar-refractivity contribution is -0.134. The van der Waals surface area contributed by atoms with Gasteiger partial charge >= 0.3 is 0 Å². The number of amides is 2. The normalized spacial score (nSPS) is 10.4. The Morgan fingerprint density at radius 1 is 0.852 bits per heavy atom.